The van der Waals surface area contributed by atoms with Gasteiger partial charge in [-0.05, 0) is 43.7 Å². The fourth-order valence-corrected chi connectivity index (χ4v) is 3.03. The number of imide groups is 1. The smallest absolute Gasteiger partial charge is 0.406 e. The largest absolute Gasteiger partial charge is 0.573 e. The van der Waals surface area contributed by atoms with Crippen molar-refractivity contribution in [1.29, 1.82) is 0 Å². The molecule has 1 aliphatic rings. The van der Waals surface area contributed by atoms with Crippen LogP contribution in [-0.4, -0.2) is 42.3 Å². The molecule has 0 saturated carbocycles. The minimum absolute atomic E-state index is 0.0465. The van der Waals surface area contributed by atoms with Crippen molar-refractivity contribution in [1.82, 2.24) is 4.90 Å². The van der Waals surface area contributed by atoms with E-state index in [4.69, 9.17) is 4.74 Å². The van der Waals surface area contributed by atoms with Crippen molar-refractivity contribution in [2.45, 2.75) is 26.3 Å². The summed E-state index contributed by atoms with van der Waals surface area (Å²) in [5.74, 6) is -1.40. The van der Waals surface area contributed by atoms with Crippen LogP contribution in [0.3, 0.4) is 0 Å². The van der Waals surface area contributed by atoms with E-state index in [1.54, 1.807) is 30.3 Å². The Morgan fingerprint density at radius 2 is 1.61 bits per heavy atom. The van der Waals surface area contributed by atoms with Crippen LogP contribution in [0.2, 0.25) is 0 Å². The third kappa shape index (κ3) is 5.64. The van der Waals surface area contributed by atoms with Crippen LogP contribution in [-0.2, 0) is 14.3 Å². The number of nitrogens with zero attached hydrogens (tertiary/aromatic N) is 1. The highest BCUT2D eigenvalue weighted by molar-refractivity contribution is 6.36. The molecule has 0 aromatic heterocycles. The zero-order valence-electron chi connectivity index (χ0n) is 16.9. The third-order valence-corrected chi connectivity index (χ3v) is 4.35. The number of rotatable bonds is 8. The van der Waals surface area contributed by atoms with Crippen molar-refractivity contribution in [2.24, 2.45) is 0 Å². The molecule has 0 fully saturated rings. The van der Waals surface area contributed by atoms with Gasteiger partial charge in [0.15, 0.2) is 0 Å². The summed E-state index contributed by atoms with van der Waals surface area (Å²) in [4.78, 5) is 27.1. The molecule has 0 atom stereocenters. The molecule has 0 radical (unpaired) electrons. The lowest BCUT2D eigenvalue weighted by Crippen LogP contribution is -2.35. The molecule has 6 nitrogen and oxygen atoms in total. The van der Waals surface area contributed by atoms with E-state index in [9.17, 15) is 22.8 Å². The lowest BCUT2D eigenvalue weighted by atomic mass is 10.0. The van der Waals surface area contributed by atoms with Crippen molar-refractivity contribution >= 4 is 23.1 Å². The first-order valence-corrected chi connectivity index (χ1v) is 9.56. The molecule has 2 aromatic carbocycles. The van der Waals surface area contributed by atoms with Crippen LogP contribution in [0.25, 0.3) is 5.57 Å². The van der Waals surface area contributed by atoms with Crippen molar-refractivity contribution in [3.8, 4) is 5.75 Å². The summed E-state index contributed by atoms with van der Waals surface area (Å²) in [6.07, 6.45) is -4.85. The summed E-state index contributed by atoms with van der Waals surface area (Å²) in [5, 5.41) is 2.88. The summed E-state index contributed by atoms with van der Waals surface area (Å²) in [6, 6.07) is 13.6. The Labute approximate surface area is 177 Å². The second-order valence-electron chi connectivity index (χ2n) is 6.99. The summed E-state index contributed by atoms with van der Waals surface area (Å²) >= 11 is 0. The van der Waals surface area contributed by atoms with E-state index in [0.29, 0.717) is 11.3 Å². The highest BCUT2D eigenvalue weighted by Crippen LogP contribution is 2.31. The molecule has 0 aliphatic carbocycles. The van der Waals surface area contributed by atoms with E-state index in [0.717, 1.165) is 17.0 Å². The molecular weight excluding hydrogens is 413 g/mol. The molecule has 31 heavy (non-hydrogen) atoms. The van der Waals surface area contributed by atoms with Gasteiger partial charge in [-0.3, -0.25) is 14.5 Å². The Kier molecular flexibility index (Phi) is 6.65. The van der Waals surface area contributed by atoms with Crippen molar-refractivity contribution in [3.63, 3.8) is 0 Å². The minimum atomic E-state index is -4.80. The number of nitrogens with one attached hydrogen (secondary N) is 1. The highest BCUT2D eigenvalue weighted by atomic mass is 19.4. The number of carbonyl (C=O) groups excluding carboxylic acids is 2. The van der Waals surface area contributed by atoms with E-state index in [1.807, 2.05) is 13.8 Å². The van der Waals surface area contributed by atoms with Gasteiger partial charge in [0.25, 0.3) is 11.8 Å². The van der Waals surface area contributed by atoms with Gasteiger partial charge in [0, 0.05) is 5.69 Å². The number of alkyl halides is 3. The number of anilines is 1. The first-order valence-electron chi connectivity index (χ1n) is 9.56. The molecular formula is C22H21F3N2O4. The molecule has 1 aliphatic heterocycles. The topological polar surface area (TPSA) is 67.9 Å². The first-order chi connectivity index (χ1) is 14.7. The number of amides is 2. The molecule has 1 heterocycles. The van der Waals surface area contributed by atoms with Gasteiger partial charge in [-0.25, -0.2) is 0 Å². The Bertz CT molecular complexity index is 971. The predicted octanol–water partition coefficient (Wildman–Crippen LogP) is 4.20. The van der Waals surface area contributed by atoms with Gasteiger partial charge in [0.05, 0.1) is 24.8 Å². The molecule has 2 amide bonds. The molecule has 3 rings (SSSR count). The Hall–Kier alpha value is -3.33. The van der Waals surface area contributed by atoms with Gasteiger partial charge in [-0.1, -0.05) is 30.3 Å². The summed E-state index contributed by atoms with van der Waals surface area (Å²) < 4.78 is 46.4. The monoisotopic (exact) mass is 434 g/mol. The first kappa shape index (κ1) is 22.4. The van der Waals surface area contributed by atoms with E-state index in [1.165, 1.54) is 12.1 Å². The van der Waals surface area contributed by atoms with Gasteiger partial charge in [0.1, 0.15) is 11.4 Å². The zero-order chi connectivity index (χ0) is 22.6. The summed E-state index contributed by atoms with van der Waals surface area (Å²) in [6.45, 7) is 3.96. The fraction of sp³-hybridized carbons (Fsp3) is 0.273. The highest BCUT2D eigenvalue weighted by Gasteiger charge is 2.39. The zero-order valence-corrected chi connectivity index (χ0v) is 16.9. The number of ether oxygens (including phenoxy) is 2. The number of hydrogen-bond acceptors (Lipinski definition) is 5. The summed E-state index contributed by atoms with van der Waals surface area (Å²) in [5.41, 5.74) is 1.11. The Morgan fingerprint density at radius 3 is 2.19 bits per heavy atom. The van der Waals surface area contributed by atoms with Gasteiger partial charge in [0.2, 0.25) is 0 Å². The number of hydrogen-bond donors (Lipinski definition) is 1. The maximum absolute atomic E-state index is 13.0. The molecule has 9 heteroatoms. The molecule has 0 bridgehead atoms. The molecule has 1 N–H and O–H groups in total. The number of benzene rings is 2. The number of halogens is 3. The van der Waals surface area contributed by atoms with Crippen LogP contribution in [0.15, 0.2) is 60.3 Å². The van der Waals surface area contributed by atoms with Crippen LogP contribution >= 0.6 is 0 Å². The van der Waals surface area contributed by atoms with Crippen LogP contribution in [0, 0.1) is 0 Å². The van der Waals surface area contributed by atoms with Gasteiger partial charge >= 0.3 is 6.36 Å². The molecule has 0 unspecified atom stereocenters. The molecule has 0 saturated heterocycles. The standard InChI is InChI=1S/C22H21F3N2O4/c1-14(2)30-13-12-27-20(28)18(15-6-4-3-5-7-15)19(21(27)29)26-16-8-10-17(11-9-16)31-22(23,24)25/h3-11,14,26H,12-13H2,1-2H3. The average molecular weight is 434 g/mol. The normalized spacial score (nSPS) is 14.6. The van der Waals surface area contributed by atoms with Crippen molar-refractivity contribution < 1.29 is 32.2 Å². The lowest BCUT2D eigenvalue weighted by Gasteiger charge is -2.16. The van der Waals surface area contributed by atoms with Crippen LogP contribution in [0.5, 0.6) is 5.75 Å². The van der Waals surface area contributed by atoms with Gasteiger partial charge < -0.3 is 14.8 Å². The third-order valence-electron chi connectivity index (χ3n) is 4.35. The lowest BCUT2D eigenvalue weighted by molar-refractivity contribution is -0.274. The molecule has 2 aromatic rings. The Morgan fingerprint density at radius 1 is 0.968 bits per heavy atom. The Balaban J connectivity index is 1.87. The fourth-order valence-electron chi connectivity index (χ4n) is 3.03. The SMILES string of the molecule is CC(C)OCCN1C(=O)C(Nc2ccc(OC(F)(F)F)cc2)=C(c2ccccc2)C1=O. The van der Waals surface area contributed by atoms with E-state index in [-0.39, 0.29) is 30.5 Å². The summed E-state index contributed by atoms with van der Waals surface area (Å²) in [7, 11) is 0. The van der Waals surface area contributed by atoms with Crippen LogP contribution in [0.4, 0.5) is 18.9 Å². The quantitative estimate of drug-likeness (QED) is 0.631. The van der Waals surface area contributed by atoms with Crippen molar-refractivity contribution in [3.05, 3.63) is 65.9 Å². The predicted molar refractivity (Wildman–Crippen MR) is 108 cm³/mol. The van der Waals surface area contributed by atoms with Crippen LogP contribution in [0.1, 0.15) is 19.4 Å². The molecule has 164 valence electrons. The average Bonchev–Trinajstić information content (AvgIpc) is 2.93. The van der Waals surface area contributed by atoms with E-state index >= 15 is 0 Å². The van der Waals surface area contributed by atoms with Gasteiger partial charge in [-0.15, -0.1) is 13.2 Å². The van der Waals surface area contributed by atoms with E-state index in [2.05, 4.69) is 10.1 Å². The maximum Gasteiger partial charge on any atom is 0.573 e. The van der Waals surface area contributed by atoms with Crippen LogP contribution < -0.4 is 10.1 Å². The van der Waals surface area contributed by atoms with Gasteiger partial charge in [-0.2, -0.15) is 0 Å². The molecule has 0 spiro atoms. The number of carbonyl (C=O) groups is 2. The van der Waals surface area contributed by atoms with E-state index < -0.39 is 23.9 Å². The van der Waals surface area contributed by atoms with Crippen molar-refractivity contribution in [2.75, 3.05) is 18.5 Å². The maximum atomic E-state index is 13.0. The second-order valence-corrected chi connectivity index (χ2v) is 6.99. The minimum Gasteiger partial charge on any atom is -0.406 e. The second kappa shape index (κ2) is 9.22.